The van der Waals surface area contributed by atoms with Crippen LogP contribution in [0.15, 0.2) is 23.2 Å². The van der Waals surface area contributed by atoms with E-state index in [1.807, 2.05) is 0 Å². The number of hydrogen-bond acceptors (Lipinski definition) is 3. The van der Waals surface area contributed by atoms with E-state index in [-0.39, 0.29) is 0 Å². The van der Waals surface area contributed by atoms with E-state index in [0.717, 1.165) is 4.48 Å². The maximum absolute atomic E-state index is 5.55. The van der Waals surface area contributed by atoms with Crippen LogP contribution in [0.2, 0.25) is 5.15 Å². The third-order valence-electron chi connectivity index (χ3n) is 1.09. The van der Waals surface area contributed by atoms with E-state index in [1.165, 1.54) is 0 Å². The van der Waals surface area contributed by atoms with Crippen LogP contribution in [0.4, 0.5) is 5.82 Å². The summed E-state index contributed by atoms with van der Waals surface area (Å²) in [5.41, 5.74) is 0. The van der Waals surface area contributed by atoms with Gasteiger partial charge < -0.3 is 5.32 Å². The first kappa shape index (κ1) is 9.48. The minimum absolute atomic E-state index is 0.387. The standard InChI is InChI=1S/C7H7BrClN3/c1-5(8)4-10-7-3-2-6(9)11-12-7/h2-3H,1,4H2,(H,10,12). The van der Waals surface area contributed by atoms with E-state index in [1.54, 1.807) is 12.1 Å². The lowest BCUT2D eigenvalue weighted by atomic mass is 10.5. The fraction of sp³-hybridized carbons (Fsp3) is 0.143. The second kappa shape index (κ2) is 4.42. The van der Waals surface area contributed by atoms with Gasteiger partial charge in [-0.15, -0.1) is 10.2 Å². The first-order valence-electron chi connectivity index (χ1n) is 3.25. The number of rotatable bonds is 3. The Morgan fingerprint density at radius 2 is 2.33 bits per heavy atom. The highest BCUT2D eigenvalue weighted by Gasteiger charge is 1.94. The zero-order chi connectivity index (χ0) is 8.97. The van der Waals surface area contributed by atoms with Gasteiger partial charge in [-0.2, -0.15) is 0 Å². The molecule has 1 rings (SSSR count). The number of nitrogens with one attached hydrogen (secondary N) is 1. The Balaban J connectivity index is 2.53. The highest BCUT2D eigenvalue weighted by molar-refractivity contribution is 9.11. The molecule has 0 saturated carbocycles. The summed E-state index contributed by atoms with van der Waals surface area (Å²) in [4.78, 5) is 0. The molecule has 5 heteroatoms. The van der Waals surface area contributed by atoms with E-state index in [4.69, 9.17) is 11.6 Å². The molecule has 1 heterocycles. The van der Waals surface area contributed by atoms with Crippen molar-refractivity contribution in [3.63, 3.8) is 0 Å². The molecule has 1 aromatic rings. The van der Waals surface area contributed by atoms with Gasteiger partial charge in [-0.3, -0.25) is 0 Å². The van der Waals surface area contributed by atoms with Crippen molar-refractivity contribution in [2.75, 3.05) is 11.9 Å². The molecule has 0 saturated heterocycles. The van der Waals surface area contributed by atoms with Crippen LogP contribution in [0.25, 0.3) is 0 Å². The highest BCUT2D eigenvalue weighted by Crippen LogP contribution is 2.07. The molecule has 0 atom stereocenters. The maximum atomic E-state index is 5.55. The van der Waals surface area contributed by atoms with Crippen LogP contribution in [0.1, 0.15) is 0 Å². The van der Waals surface area contributed by atoms with Crippen molar-refractivity contribution in [2.45, 2.75) is 0 Å². The van der Waals surface area contributed by atoms with Gasteiger partial charge in [0.2, 0.25) is 0 Å². The Hall–Kier alpha value is -0.610. The van der Waals surface area contributed by atoms with Crippen molar-refractivity contribution in [1.29, 1.82) is 0 Å². The SMILES string of the molecule is C=C(Br)CNc1ccc(Cl)nn1. The Labute approximate surface area is 84.0 Å². The van der Waals surface area contributed by atoms with Gasteiger partial charge in [-0.25, -0.2) is 0 Å². The van der Waals surface area contributed by atoms with Gasteiger partial charge in [0.1, 0.15) is 5.82 Å². The van der Waals surface area contributed by atoms with E-state index < -0.39 is 0 Å². The molecule has 1 N–H and O–H groups in total. The van der Waals surface area contributed by atoms with Crippen molar-refractivity contribution in [1.82, 2.24) is 10.2 Å². The molecule has 1 aromatic heterocycles. The monoisotopic (exact) mass is 247 g/mol. The van der Waals surface area contributed by atoms with Gasteiger partial charge in [0.25, 0.3) is 0 Å². The first-order chi connectivity index (χ1) is 5.68. The minimum Gasteiger partial charge on any atom is -0.364 e. The van der Waals surface area contributed by atoms with Crippen LogP contribution in [0.5, 0.6) is 0 Å². The van der Waals surface area contributed by atoms with Gasteiger partial charge in [-0.05, 0) is 12.1 Å². The van der Waals surface area contributed by atoms with E-state index in [0.29, 0.717) is 17.5 Å². The smallest absolute Gasteiger partial charge is 0.151 e. The van der Waals surface area contributed by atoms with Crippen LogP contribution in [0, 0.1) is 0 Å². The van der Waals surface area contributed by atoms with Crippen LogP contribution in [-0.4, -0.2) is 16.7 Å². The summed E-state index contributed by atoms with van der Waals surface area (Å²) in [7, 11) is 0. The molecule has 0 spiro atoms. The van der Waals surface area contributed by atoms with Crippen molar-refractivity contribution < 1.29 is 0 Å². The molecule has 64 valence electrons. The molecule has 0 amide bonds. The lowest BCUT2D eigenvalue weighted by Gasteiger charge is -2.01. The Kier molecular flexibility index (Phi) is 3.49. The van der Waals surface area contributed by atoms with Gasteiger partial charge in [0, 0.05) is 11.0 Å². The number of anilines is 1. The Morgan fingerprint density at radius 1 is 1.58 bits per heavy atom. The molecular formula is C7H7BrClN3. The van der Waals surface area contributed by atoms with Crippen LogP contribution in [0.3, 0.4) is 0 Å². The first-order valence-corrected chi connectivity index (χ1v) is 4.42. The fourth-order valence-electron chi connectivity index (χ4n) is 0.597. The van der Waals surface area contributed by atoms with Crippen LogP contribution in [-0.2, 0) is 0 Å². The molecule has 0 fully saturated rings. The number of hydrogen-bond donors (Lipinski definition) is 1. The molecule has 0 aromatic carbocycles. The van der Waals surface area contributed by atoms with Crippen LogP contribution >= 0.6 is 27.5 Å². The van der Waals surface area contributed by atoms with Crippen molar-refractivity contribution in [3.8, 4) is 0 Å². The zero-order valence-corrected chi connectivity index (χ0v) is 8.56. The van der Waals surface area contributed by atoms with E-state index >= 15 is 0 Å². The van der Waals surface area contributed by atoms with Gasteiger partial charge >= 0.3 is 0 Å². The zero-order valence-electron chi connectivity index (χ0n) is 6.22. The minimum atomic E-state index is 0.387. The van der Waals surface area contributed by atoms with Crippen molar-refractivity contribution in [2.24, 2.45) is 0 Å². The van der Waals surface area contributed by atoms with Crippen molar-refractivity contribution >= 4 is 33.3 Å². The molecule has 0 aliphatic rings. The molecule has 3 nitrogen and oxygen atoms in total. The summed E-state index contributed by atoms with van der Waals surface area (Å²) in [6.07, 6.45) is 0. The maximum Gasteiger partial charge on any atom is 0.151 e. The number of nitrogens with zero attached hydrogens (tertiary/aromatic N) is 2. The average Bonchev–Trinajstić information content (AvgIpc) is 2.03. The second-order valence-electron chi connectivity index (χ2n) is 2.11. The number of halogens is 2. The van der Waals surface area contributed by atoms with Crippen LogP contribution < -0.4 is 5.32 Å². The molecular weight excluding hydrogens is 241 g/mol. The van der Waals surface area contributed by atoms with E-state index in [2.05, 4.69) is 38.0 Å². The third-order valence-corrected chi connectivity index (χ3v) is 1.58. The normalized spacial score (nSPS) is 9.50. The topological polar surface area (TPSA) is 37.8 Å². The molecule has 0 unspecified atom stereocenters. The Bertz CT molecular complexity index is 272. The Morgan fingerprint density at radius 3 is 2.83 bits per heavy atom. The summed E-state index contributed by atoms with van der Waals surface area (Å²) >= 11 is 8.76. The predicted molar refractivity (Wildman–Crippen MR) is 53.6 cm³/mol. The molecule has 12 heavy (non-hydrogen) atoms. The third kappa shape index (κ3) is 3.19. The lowest BCUT2D eigenvalue weighted by molar-refractivity contribution is 1.02. The highest BCUT2D eigenvalue weighted by atomic mass is 79.9. The molecule has 0 aliphatic heterocycles. The van der Waals surface area contributed by atoms with Gasteiger partial charge in [0.15, 0.2) is 5.15 Å². The quantitative estimate of drug-likeness (QED) is 0.893. The van der Waals surface area contributed by atoms with Crippen molar-refractivity contribution in [3.05, 3.63) is 28.3 Å². The average molecular weight is 249 g/mol. The summed E-state index contributed by atoms with van der Waals surface area (Å²) in [6, 6.07) is 3.43. The summed E-state index contributed by atoms with van der Waals surface area (Å²) in [5, 5.41) is 10.8. The number of aromatic nitrogens is 2. The summed E-state index contributed by atoms with van der Waals surface area (Å²) in [6.45, 7) is 4.29. The molecule has 0 radical (unpaired) electrons. The van der Waals surface area contributed by atoms with E-state index in [9.17, 15) is 0 Å². The lowest BCUT2D eigenvalue weighted by Crippen LogP contribution is -2.02. The summed E-state index contributed by atoms with van der Waals surface area (Å²) in [5.74, 6) is 0.681. The largest absolute Gasteiger partial charge is 0.364 e. The fourth-order valence-corrected chi connectivity index (χ4v) is 0.838. The van der Waals surface area contributed by atoms with Gasteiger partial charge in [0.05, 0.1) is 0 Å². The summed E-state index contributed by atoms with van der Waals surface area (Å²) < 4.78 is 0.860. The molecule has 0 bridgehead atoms. The second-order valence-corrected chi connectivity index (χ2v) is 3.62. The predicted octanol–water partition coefficient (Wildman–Crippen LogP) is 2.45. The molecule has 0 aliphatic carbocycles. The van der Waals surface area contributed by atoms with Gasteiger partial charge in [-0.1, -0.05) is 34.1 Å².